The molecule has 3 aromatic carbocycles. The molecule has 1 aliphatic rings. The van der Waals surface area contributed by atoms with Crippen LogP contribution in [0.5, 0.6) is 0 Å². The highest BCUT2D eigenvalue weighted by Crippen LogP contribution is 2.44. The number of alkyl carbamates (subject to hydrolysis) is 1. The van der Waals surface area contributed by atoms with Crippen LogP contribution in [0.1, 0.15) is 29.9 Å². The summed E-state index contributed by atoms with van der Waals surface area (Å²) in [6, 6.07) is 24.6. The van der Waals surface area contributed by atoms with E-state index in [1.54, 1.807) is 0 Å². The first-order chi connectivity index (χ1) is 17.7. The molecule has 0 saturated carbocycles. The molecule has 7 heteroatoms. The Morgan fingerprint density at radius 3 is 2.42 bits per heavy atom. The van der Waals surface area contributed by atoms with Gasteiger partial charge in [-0.15, -0.1) is 0 Å². The average Bonchev–Trinajstić information content (AvgIpc) is 3.47. The molecule has 180 valence electrons. The molecular formula is C29H27N5O2. The highest BCUT2D eigenvalue weighted by molar-refractivity contribution is 6.06. The number of unbranched alkanes of at least 4 members (excludes halogenated alkanes) is 1. The van der Waals surface area contributed by atoms with Gasteiger partial charge in [0.25, 0.3) is 0 Å². The van der Waals surface area contributed by atoms with Gasteiger partial charge >= 0.3 is 6.09 Å². The fourth-order valence-corrected chi connectivity index (χ4v) is 5.22. The summed E-state index contributed by atoms with van der Waals surface area (Å²) < 4.78 is 7.74. The molecule has 0 spiro atoms. The first kappa shape index (κ1) is 22.1. The van der Waals surface area contributed by atoms with Crippen LogP contribution in [0.15, 0.2) is 79.1 Å². The molecule has 7 nitrogen and oxygen atoms in total. The minimum Gasteiger partial charge on any atom is -0.449 e. The van der Waals surface area contributed by atoms with E-state index in [0.29, 0.717) is 19.0 Å². The average molecular weight is 478 g/mol. The Morgan fingerprint density at radius 1 is 0.944 bits per heavy atom. The van der Waals surface area contributed by atoms with Gasteiger partial charge in [-0.25, -0.2) is 14.8 Å². The minimum absolute atomic E-state index is 0.0643. The SMILES string of the molecule is Nc1nc2ccccc2c2c1ncn2CCCCNC(=O)OCC1c2ccccc2-c2ccccc21. The monoisotopic (exact) mass is 477 g/mol. The number of hydrogen-bond donors (Lipinski definition) is 2. The molecule has 0 unspecified atom stereocenters. The molecule has 0 radical (unpaired) electrons. The van der Waals surface area contributed by atoms with Gasteiger partial charge in [0.2, 0.25) is 0 Å². The van der Waals surface area contributed by atoms with Crippen LogP contribution in [0.4, 0.5) is 10.6 Å². The maximum absolute atomic E-state index is 12.4. The number of fused-ring (bicyclic) bond motifs is 6. The summed E-state index contributed by atoms with van der Waals surface area (Å²) in [6.45, 7) is 1.65. The molecular weight excluding hydrogens is 450 g/mol. The number of rotatable bonds is 7. The molecule has 0 atom stereocenters. The van der Waals surface area contributed by atoms with E-state index in [-0.39, 0.29) is 12.0 Å². The molecule has 3 N–H and O–H groups in total. The molecule has 5 aromatic rings. The third kappa shape index (κ3) is 3.92. The predicted octanol–water partition coefficient (Wildman–Crippen LogP) is 5.49. The number of nitrogens with one attached hydrogen (secondary N) is 1. The van der Waals surface area contributed by atoms with Crippen LogP contribution in [0.25, 0.3) is 33.1 Å². The van der Waals surface area contributed by atoms with E-state index < -0.39 is 0 Å². The van der Waals surface area contributed by atoms with Crippen molar-refractivity contribution in [2.45, 2.75) is 25.3 Å². The number of ether oxygens (including phenoxy) is 1. The van der Waals surface area contributed by atoms with E-state index in [1.807, 2.05) is 54.9 Å². The van der Waals surface area contributed by atoms with Gasteiger partial charge in [-0.1, -0.05) is 66.7 Å². The summed E-state index contributed by atoms with van der Waals surface area (Å²) in [5.74, 6) is 0.508. The van der Waals surface area contributed by atoms with Gasteiger partial charge in [0.05, 0.1) is 17.4 Å². The van der Waals surface area contributed by atoms with Gasteiger partial charge < -0.3 is 20.4 Å². The smallest absolute Gasteiger partial charge is 0.407 e. The lowest BCUT2D eigenvalue weighted by Crippen LogP contribution is -2.27. The minimum atomic E-state index is -0.380. The van der Waals surface area contributed by atoms with Crippen molar-refractivity contribution >= 4 is 33.8 Å². The van der Waals surface area contributed by atoms with Gasteiger partial charge in [-0.2, -0.15) is 0 Å². The van der Waals surface area contributed by atoms with Crippen molar-refractivity contribution in [2.24, 2.45) is 0 Å². The lowest BCUT2D eigenvalue weighted by molar-refractivity contribution is 0.143. The zero-order valence-electron chi connectivity index (χ0n) is 19.9. The van der Waals surface area contributed by atoms with E-state index in [4.69, 9.17) is 10.5 Å². The van der Waals surface area contributed by atoms with E-state index >= 15 is 0 Å². The third-order valence-electron chi connectivity index (χ3n) is 6.92. The van der Waals surface area contributed by atoms with Crippen molar-refractivity contribution in [3.05, 3.63) is 90.3 Å². The molecule has 0 saturated heterocycles. The maximum Gasteiger partial charge on any atom is 0.407 e. The number of imidazole rings is 1. The Bertz CT molecular complexity index is 1530. The largest absolute Gasteiger partial charge is 0.449 e. The van der Waals surface area contributed by atoms with E-state index in [0.717, 1.165) is 41.3 Å². The number of aromatic nitrogens is 3. The number of amides is 1. The van der Waals surface area contributed by atoms with E-state index in [9.17, 15) is 4.79 Å². The van der Waals surface area contributed by atoms with Gasteiger partial charge in [0.15, 0.2) is 5.82 Å². The Morgan fingerprint density at radius 2 is 1.64 bits per heavy atom. The number of hydrogen-bond acceptors (Lipinski definition) is 5. The van der Waals surface area contributed by atoms with Crippen LogP contribution in [0.2, 0.25) is 0 Å². The quantitative estimate of drug-likeness (QED) is 0.303. The van der Waals surface area contributed by atoms with E-state index in [1.165, 1.54) is 22.3 Å². The second-order valence-electron chi connectivity index (χ2n) is 9.11. The van der Waals surface area contributed by atoms with Crippen molar-refractivity contribution < 1.29 is 9.53 Å². The number of carbonyl (C=O) groups excluding carboxylic acids is 1. The fourth-order valence-electron chi connectivity index (χ4n) is 5.22. The molecule has 0 bridgehead atoms. The van der Waals surface area contributed by atoms with Crippen molar-refractivity contribution in [2.75, 3.05) is 18.9 Å². The molecule has 0 aliphatic heterocycles. The highest BCUT2D eigenvalue weighted by atomic mass is 16.5. The zero-order chi connectivity index (χ0) is 24.5. The number of para-hydroxylation sites is 1. The Balaban J connectivity index is 1.02. The molecule has 2 heterocycles. The van der Waals surface area contributed by atoms with Crippen molar-refractivity contribution in [3.8, 4) is 11.1 Å². The van der Waals surface area contributed by atoms with Gasteiger partial charge in [-0.05, 0) is 41.2 Å². The molecule has 1 amide bonds. The number of nitrogen functional groups attached to an aromatic ring is 1. The second-order valence-corrected chi connectivity index (χ2v) is 9.11. The molecule has 0 fully saturated rings. The molecule has 6 rings (SSSR count). The molecule has 1 aliphatic carbocycles. The topological polar surface area (TPSA) is 95.1 Å². The zero-order valence-corrected chi connectivity index (χ0v) is 19.9. The van der Waals surface area contributed by atoms with Crippen molar-refractivity contribution in [1.82, 2.24) is 19.9 Å². The van der Waals surface area contributed by atoms with Crippen LogP contribution in [-0.4, -0.2) is 33.8 Å². The normalized spacial score (nSPS) is 12.6. The first-order valence-corrected chi connectivity index (χ1v) is 12.3. The third-order valence-corrected chi connectivity index (χ3v) is 6.92. The lowest BCUT2D eigenvalue weighted by atomic mass is 9.98. The predicted molar refractivity (Wildman–Crippen MR) is 142 cm³/mol. The Hall–Kier alpha value is -4.39. The van der Waals surface area contributed by atoms with Gasteiger partial charge in [0.1, 0.15) is 12.1 Å². The standard InChI is InChI=1S/C29H27N5O2/c30-28-26-27(23-13-5-6-14-25(23)33-28)34(18-32-26)16-8-7-15-31-29(35)36-17-24-21-11-3-1-9-19(21)20-10-2-4-12-22(20)24/h1-6,9-14,18,24H,7-8,15-17H2,(H2,30,33)(H,31,35). The van der Waals surface area contributed by atoms with E-state index in [2.05, 4.69) is 44.1 Å². The van der Waals surface area contributed by atoms with Crippen LogP contribution in [-0.2, 0) is 11.3 Å². The maximum atomic E-state index is 12.4. The fraction of sp³-hybridized carbons (Fsp3) is 0.207. The molecule has 2 aromatic heterocycles. The van der Waals surface area contributed by atoms with Crippen molar-refractivity contribution in [3.63, 3.8) is 0 Å². The van der Waals surface area contributed by atoms with Gasteiger partial charge in [-0.3, -0.25) is 0 Å². The van der Waals surface area contributed by atoms with Crippen LogP contribution < -0.4 is 11.1 Å². The summed E-state index contributed by atoms with van der Waals surface area (Å²) in [6.07, 6.45) is 3.14. The number of nitrogens with zero attached hydrogens (tertiary/aromatic N) is 3. The van der Waals surface area contributed by atoms with Crippen molar-refractivity contribution in [1.29, 1.82) is 0 Å². The summed E-state index contributed by atoms with van der Waals surface area (Å²) >= 11 is 0. The van der Waals surface area contributed by atoms with Crippen LogP contribution in [0.3, 0.4) is 0 Å². The summed E-state index contributed by atoms with van der Waals surface area (Å²) in [5, 5.41) is 3.93. The summed E-state index contributed by atoms with van der Waals surface area (Å²) in [5.41, 5.74) is 13.6. The van der Waals surface area contributed by atoms with Gasteiger partial charge in [0, 0.05) is 24.4 Å². The highest BCUT2D eigenvalue weighted by Gasteiger charge is 2.28. The first-order valence-electron chi connectivity index (χ1n) is 12.3. The Kier molecular flexibility index (Phi) is 5.73. The summed E-state index contributed by atoms with van der Waals surface area (Å²) in [7, 11) is 0. The van der Waals surface area contributed by atoms with Crippen LogP contribution in [0, 0.1) is 0 Å². The summed E-state index contributed by atoms with van der Waals surface area (Å²) in [4.78, 5) is 21.3. The number of aryl methyl sites for hydroxylation is 1. The molecule has 36 heavy (non-hydrogen) atoms. The number of carbonyl (C=O) groups is 1. The van der Waals surface area contributed by atoms with Crippen LogP contribution >= 0.6 is 0 Å². The number of anilines is 1. The number of benzene rings is 3. The lowest BCUT2D eigenvalue weighted by Gasteiger charge is -2.14. The number of pyridine rings is 1. The number of nitrogens with two attached hydrogens (primary N) is 1. The second kappa shape index (κ2) is 9.34. The Labute approximate surface area is 208 Å².